The molecule has 1 fully saturated rings. The molecule has 8 N–H and O–H groups in total. The van der Waals surface area contributed by atoms with E-state index in [1.165, 1.54) is 17.0 Å². The second kappa shape index (κ2) is 20.2. The number of anilines is 1. The number of primary amides is 1. The first-order valence-corrected chi connectivity index (χ1v) is 22.8. The number of allylic oxidation sites excluding steroid dienone is 1. The molecule has 5 aliphatic rings. The number of aliphatic hydroxyl groups is 3. The number of carbonyl (C=O) groups is 6. The van der Waals surface area contributed by atoms with Crippen molar-refractivity contribution in [2.24, 2.45) is 23.5 Å². The van der Waals surface area contributed by atoms with Gasteiger partial charge in [-0.05, 0) is 100 Å². The monoisotopic (exact) mass is 1020 g/mol. The summed E-state index contributed by atoms with van der Waals surface area (Å²) in [5.41, 5.74) is 7.28. The number of fused-ring (bicyclic) bond motifs is 5. The smallest absolute Gasteiger partial charge is 0.349 e. The Labute approximate surface area is 407 Å². The fraction of sp³-hybridized carbons (Fsp3) is 0.298. The van der Waals surface area contributed by atoms with Crippen molar-refractivity contribution in [3.8, 4) is 23.1 Å². The number of likely N-dealkylation sites (N-methyl/N-ethyl adjacent to an activating group) is 1. The van der Waals surface area contributed by atoms with Gasteiger partial charge in [0.15, 0.2) is 22.9 Å². The highest BCUT2D eigenvalue weighted by Gasteiger charge is 2.65. The summed E-state index contributed by atoms with van der Waals surface area (Å²) >= 11 is 0. The van der Waals surface area contributed by atoms with Gasteiger partial charge in [-0.2, -0.15) is 0 Å². The highest BCUT2D eigenvalue weighted by molar-refractivity contribution is 7.10. The maximum atomic E-state index is 13.5. The van der Waals surface area contributed by atoms with Gasteiger partial charge in [-0.15, -0.1) is 0 Å². The van der Waals surface area contributed by atoms with Gasteiger partial charge in [-0.3, -0.25) is 33.8 Å². The fourth-order valence-electron chi connectivity index (χ4n) is 10.1. The van der Waals surface area contributed by atoms with E-state index in [0.717, 1.165) is 0 Å². The molecule has 1 amide bonds. The lowest BCUT2D eigenvalue weighted by atomic mass is 9.57. The molecule has 23 heteroatoms. The second-order valence-corrected chi connectivity index (χ2v) is 18.1. The molecular formula is C47H50N5O15P3. The molecule has 0 spiro atoms. The maximum absolute atomic E-state index is 13.5. The normalized spacial score (nSPS) is 25.3. The van der Waals surface area contributed by atoms with Gasteiger partial charge in [0.25, 0.3) is 11.8 Å². The first-order chi connectivity index (χ1) is 33.2. The topological polar surface area (TPSA) is 305 Å². The lowest BCUT2D eigenvalue weighted by Gasteiger charge is -2.50. The number of ketones is 4. The van der Waals surface area contributed by atoms with Crippen molar-refractivity contribution in [2.45, 2.75) is 42.5 Å². The van der Waals surface area contributed by atoms with Gasteiger partial charge in [0.05, 0.1) is 36.6 Å². The summed E-state index contributed by atoms with van der Waals surface area (Å²) in [4.78, 5) is 79.2. The van der Waals surface area contributed by atoms with E-state index in [0.29, 0.717) is 41.4 Å². The van der Waals surface area contributed by atoms with E-state index in [1.54, 1.807) is 74.8 Å². The Bertz CT molecular complexity index is 2900. The van der Waals surface area contributed by atoms with Crippen LogP contribution in [0.1, 0.15) is 56.5 Å². The van der Waals surface area contributed by atoms with E-state index >= 15 is 0 Å². The van der Waals surface area contributed by atoms with Crippen LogP contribution in [-0.4, -0.2) is 116 Å². The Kier molecular flexibility index (Phi) is 14.8. The lowest BCUT2D eigenvalue weighted by molar-refractivity contribution is -0.153. The number of amides is 1. The average Bonchev–Trinajstić information content (AvgIpc) is 3.75. The quantitative estimate of drug-likeness (QED) is 0.0363. The van der Waals surface area contributed by atoms with Crippen molar-refractivity contribution in [1.29, 1.82) is 0 Å². The summed E-state index contributed by atoms with van der Waals surface area (Å²) in [5.74, 6) is -6.96. The van der Waals surface area contributed by atoms with Crippen LogP contribution in [0.4, 0.5) is 5.69 Å². The molecule has 0 radical (unpaired) electrons. The molecule has 0 saturated heterocycles. The number of rotatable bonds is 8. The van der Waals surface area contributed by atoms with Crippen molar-refractivity contribution in [3.63, 3.8) is 0 Å². The molecule has 9 rings (SSSR count). The number of ether oxygens (including phenoxy) is 1. The van der Waals surface area contributed by atoms with Crippen molar-refractivity contribution in [1.82, 2.24) is 15.0 Å². The van der Waals surface area contributed by atoms with E-state index < -0.39 is 81.3 Å². The minimum absolute atomic E-state index is 0.0408. The van der Waals surface area contributed by atoms with Crippen LogP contribution in [0.15, 0.2) is 100 Å². The third-order valence-corrected chi connectivity index (χ3v) is 14.0. The van der Waals surface area contributed by atoms with E-state index in [4.69, 9.17) is 34.3 Å². The first-order valence-electron chi connectivity index (χ1n) is 21.4. The molecule has 70 heavy (non-hydrogen) atoms. The van der Waals surface area contributed by atoms with Gasteiger partial charge in [0.2, 0.25) is 17.2 Å². The van der Waals surface area contributed by atoms with Crippen LogP contribution in [0.25, 0.3) is 5.76 Å². The molecule has 1 aromatic heterocycles. The van der Waals surface area contributed by atoms with Gasteiger partial charge in [-0.25, -0.2) is 4.79 Å². The zero-order chi connectivity index (χ0) is 51.1. The predicted molar refractivity (Wildman–Crippen MR) is 260 cm³/mol. The van der Waals surface area contributed by atoms with Gasteiger partial charge >= 0.3 is 5.97 Å². The maximum Gasteiger partial charge on any atom is 0.349 e. The number of esters is 1. The van der Waals surface area contributed by atoms with Crippen molar-refractivity contribution >= 4 is 74.9 Å². The molecule has 3 unspecified atom stereocenters. The lowest BCUT2D eigenvalue weighted by Crippen LogP contribution is -2.65. The number of Topliss-reactive ketones (excluding diaryl/α,β-unsaturated/α-hetero) is 3. The molecule has 5 aliphatic carbocycles. The van der Waals surface area contributed by atoms with E-state index in [1.807, 2.05) is 34.5 Å². The molecule has 368 valence electrons. The van der Waals surface area contributed by atoms with Crippen molar-refractivity contribution in [3.05, 3.63) is 124 Å². The molecule has 1 saturated carbocycles. The van der Waals surface area contributed by atoms with Crippen molar-refractivity contribution < 1.29 is 72.0 Å². The minimum atomic E-state index is -2.60. The standard InChI is InChI=1S/C21H22N2O7.C13H16N2O5P2.C13H12NO3P/c1-23(2)15-10-7-9-6-8-4-3-5-11(24)12(8)16(25)13(9)18(27)21(10,30)19(28)14(17(15)26)20(22)29;1-15(2)9-6-4-3-5-7(16)13(6,20-22)11(17)8-10(9)18-14-12(8)19-21;14-10-7-4-8-11(17-18)12(10)13(15)16-9-5-2-1-3-6-9/h3-5,9-10,15,24-25,28,30H,6-7H2,1-2H3,(H2,22,29);3,5-6,9H,4,21-22H2,1-2H3;1-8H,14,18H2/t9-,10-,15-,21-;6-,9-,13-;/m00./s1. The third-order valence-electron chi connectivity index (χ3n) is 13.1. The number of nitrogen functional groups attached to an aromatic ring is 1. The van der Waals surface area contributed by atoms with Crippen LogP contribution in [0.5, 0.6) is 23.1 Å². The first kappa shape index (κ1) is 51.5. The minimum Gasteiger partial charge on any atom is -0.508 e. The van der Waals surface area contributed by atoms with Crippen LogP contribution in [-0.2, 0) is 30.1 Å². The van der Waals surface area contributed by atoms with Gasteiger partial charge in [0, 0.05) is 32.6 Å². The van der Waals surface area contributed by atoms with Gasteiger partial charge < -0.3 is 54.7 Å². The van der Waals surface area contributed by atoms with Gasteiger partial charge in [-0.1, -0.05) is 42.5 Å². The zero-order valence-corrected chi connectivity index (χ0v) is 41.5. The second-order valence-electron chi connectivity index (χ2n) is 17.4. The Morgan fingerprint density at radius 2 is 1.51 bits per heavy atom. The molecule has 1 heterocycles. The summed E-state index contributed by atoms with van der Waals surface area (Å²) in [6, 6.07) is 17.0. The Hall–Kier alpha value is -6.36. The highest BCUT2D eigenvalue weighted by atomic mass is 31.0. The number of phenols is 1. The number of aliphatic hydroxyl groups excluding tert-OH is 2. The number of aromatic nitrogens is 1. The number of nitrogens with zero attached hydrogens (tertiary/aromatic N) is 3. The Morgan fingerprint density at radius 3 is 2.13 bits per heavy atom. The van der Waals surface area contributed by atoms with Crippen molar-refractivity contribution in [2.75, 3.05) is 33.9 Å². The fourth-order valence-corrected chi connectivity index (χ4v) is 10.8. The number of phenolic OH excluding ortho intramolecular Hbond substituents is 1. The van der Waals surface area contributed by atoms with Gasteiger partial charge in [0.1, 0.15) is 45.5 Å². The molecule has 20 nitrogen and oxygen atoms in total. The number of aromatic hydroxyl groups is 1. The molecule has 3 aromatic carbocycles. The molecule has 0 aliphatic heterocycles. The molecule has 0 bridgehead atoms. The van der Waals surface area contributed by atoms with Crippen LogP contribution in [0, 0.1) is 17.8 Å². The van der Waals surface area contributed by atoms with Crippen LogP contribution in [0.2, 0.25) is 0 Å². The summed E-state index contributed by atoms with van der Waals surface area (Å²) in [5, 5.41) is 46.9. The van der Waals surface area contributed by atoms with Crippen LogP contribution < -0.4 is 25.3 Å². The summed E-state index contributed by atoms with van der Waals surface area (Å²) in [7, 11) is 13.0. The SMILES string of the molecule is CN(C)[C@@H]1C(=O)C(C(N)=O)=C(O)[C@@]2(O)C(=O)C3=C(O)c4c(O)cccc4C[C@H]3C[C@@H]12.CN(C)[C@@H]1c2onc(OP)c2C(=O)[C@@]2(OP)C(=O)C=CC[C@@H]12.Nc1cccc(OP)c1C(=O)Oc1ccccc1. The van der Waals surface area contributed by atoms with E-state index in [9.17, 15) is 49.2 Å². The average molecular weight is 1020 g/mol. The Balaban J connectivity index is 0.000000161. The Morgan fingerprint density at radius 1 is 0.843 bits per heavy atom. The van der Waals surface area contributed by atoms with E-state index in [2.05, 4.69) is 24.1 Å². The van der Waals surface area contributed by atoms with Crippen LogP contribution >= 0.6 is 28.4 Å². The number of hydrogen-bond acceptors (Lipinski definition) is 19. The number of hydrogen-bond donors (Lipinski definition) is 6. The number of para-hydroxylation sites is 1. The third kappa shape index (κ3) is 8.46. The summed E-state index contributed by atoms with van der Waals surface area (Å²) < 4.78 is 26.0. The zero-order valence-electron chi connectivity index (χ0n) is 38.0. The summed E-state index contributed by atoms with van der Waals surface area (Å²) in [6.45, 7) is 0. The number of nitrogens with two attached hydrogens (primary N) is 2. The van der Waals surface area contributed by atoms with E-state index in [-0.39, 0.29) is 52.1 Å². The largest absolute Gasteiger partial charge is 0.508 e. The molecule has 10 atom stereocenters. The number of carbonyl (C=O) groups excluding carboxylic acids is 6. The molecule has 4 aromatic rings. The predicted octanol–water partition coefficient (Wildman–Crippen LogP) is 3.95. The summed E-state index contributed by atoms with van der Waals surface area (Å²) in [6.07, 6.45) is 4.05. The van der Waals surface area contributed by atoms with Crippen LogP contribution in [0.3, 0.4) is 0 Å². The number of benzene rings is 3. The molecular weight excluding hydrogens is 967 g/mol. The highest BCUT2D eigenvalue weighted by Crippen LogP contribution is 2.54.